The van der Waals surface area contributed by atoms with Gasteiger partial charge >= 0.3 is 0 Å². The highest BCUT2D eigenvalue weighted by molar-refractivity contribution is 4.74. The van der Waals surface area contributed by atoms with Crippen LogP contribution < -0.4 is 5.32 Å². The first kappa shape index (κ1) is 22.9. The summed E-state index contributed by atoms with van der Waals surface area (Å²) >= 11 is 0. The molecule has 2 unspecified atom stereocenters. The summed E-state index contributed by atoms with van der Waals surface area (Å²) in [5.74, 6) is 0.324. The lowest BCUT2D eigenvalue weighted by Gasteiger charge is -2.29. The van der Waals surface area contributed by atoms with E-state index >= 15 is 0 Å². The van der Waals surface area contributed by atoms with Crippen molar-refractivity contribution in [1.82, 2.24) is 5.32 Å². The maximum absolute atomic E-state index is 10.1. The van der Waals surface area contributed by atoms with Gasteiger partial charge in [-0.25, -0.2) is 0 Å². The van der Waals surface area contributed by atoms with Crippen molar-refractivity contribution in [1.29, 1.82) is 0 Å². The van der Waals surface area contributed by atoms with Crippen LogP contribution in [0.3, 0.4) is 0 Å². The number of hydrogen-bond donors (Lipinski definition) is 2. The lowest BCUT2D eigenvalue weighted by molar-refractivity contribution is -0.0232. The molecule has 0 fully saturated rings. The molecule has 23 heavy (non-hydrogen) atoms. The monoisotopic (exact) mass is 327 g/mol. The van der Waals surface area contributed by atoms with Gasteiger partial charge in [-0.1, -0.05) is 104 Å². The Bertz CT molecular complexity index is 240. The van der Waals surface area contributed by atoms with Gasteiger partial charge in [0.05, 0.1) is 0 Å². The van der Waals surface area contributed by atoms with Gasteiger partial charge in [0, 0.05) is 0 Å². The second-order valence-corrected chi connectivity index (χ2v) is 7.68. The van der Waals surface area contributed by atoms with E-state index in [1.807, 2.05) is 14.0 Å². The molecule has 0 radical (unpaired) electrons. The van der Waals surface area contributed by atoms with Crippen molar-refractivity contribution in [2.45, 2.75) is 123 Å². The highest BCUT2D eigenvalue weighted by Crippen LogP contribution is 2.20. The minimum Gasteiger partial charge on any atom is -0.376 e. The molecule has 0 aromatic carbocycles. The van der Waals surface area contributed by atoms with Crippen molar-refractivity contribution in [3.63, 3.8) is 0 Å². The highest BCUT2D eigenvalue weighted by Gasteiger charge is 2.25. The van der Waals surface area contributed by atoms with E-state index in [2.05, 4.69) is 19.2 Å². The molecule has 140 valence electrons. The Morgan fingerprint density at radius 2 is 1.09 bits per heavy atom. The SMILES string of the molecule is CCCCCCCCCCCCCCCCC(C)C(C)(O)NC. The molecule has 0 bridgehead atoms. The van der Waals surface area contributed by atoms with Crippen molar-refractivity contribution in [2.75, 3.05) is 7.05 Å². The second kappa shape index (κ2) is 15.4. The average molecular weight is 328 g/mol. The molecule has 2 atom stereocenters. The Morgan fingerprint density at radius 1 is 0.739 bits per heavy atom. The van der Waals surface area contributed by atoms with E-state index in [1.165, 1.54) is 89.9 Å². The number of aliphatic hydroxyl groups is 1. The maximum Gasteiger partial charge on any atom is 0.115 e. The number of rotatable bonds is 17. The molecule has 0 aliphatic carbocycles. The number of nitrogens with one attached hydrogen (secondary N) is 1. The van der Waals surface area contributed by atoms with E-state index in [1.54, 1.807) is 0 Å². The van der Waals surface area contributed by atoms with E-state index in [-0.39, 0.29) is 0 Å². The van der Waals surface area contributed by atoms with Gasteiger partial charge in [-0.15, -0.1) is 0 Å². The summed E-state index contributed by atoms with van der Waals surface area (Å²) in [5, 5.41) is 13.1. The van der Waals surface area contributed by atoms with E-state index in [9.17, 15) is 5.11 Å². The molecular formula is C21H45NO. The predicted octanol–water partition coefficient (Wildman–Crippen LogP) is 6.42. The van der Waals surface area contributed by atoms with Crippen molar-refractivity contribution in [3.05, 3.63) is 0 Å². The van der Waals surface area contributed by atoms with E-state index in [4.69, 9.17) is 0 Å². The first-order valence-electron chi connectivity index (χ1n) is 10.5. The van der Waals surface area contributed by atoms with Crippen molar-refractivity contribution >= 4 is 0 Å². The van der Waals surface area contributed by atoms with E-state index in [0.717, 1.165) is 6.42 Å². The summed E-state index contributed by atoms with van der Waals surface area (Å²) in [4.78, 5) is 0. The zero-order chi connectivity index (χ0) is 17.4. The minimum atomic E-state index is -0.712. The molecule has 0 aromatic heterocycles. The zero-order valence-electron chi connectivity index (χ0n) is 16.6. The van der Waals surface area contributed by atoms with Gasteiger partial charge in [-0.3, -0.25) is 5.32 Å². The summed E-state index contributed by atoms with van der Waals surface area (Å²) in [5.41, 5.74) is -0.712. The first-order chi connectivity index (χ1) is 11.0. The van der Waals surface area contributed by atoms with Gasteiger partial charge in [0.2, 0.25) is 0 Å². The van der Waals surface area contributed by atoms with Crippen LogP contribution in [0, 0.1) is 5.92 Å². The van der Waals surface area contributed by atoms with Gasteiger partial charge in [0.25, 0.3) is 0 Å². The van der Waals surface area contributed by atoms with Crippen molar-refractivity contribution in [3.8, 4) is 0 Å². The Kier molecular flexibility index (Phi) is 15.4. The predicted molar refractivity (Wildman–Crippen MR) is 104 cm³/mol. The summed E-state index contributed by atoms with van der Waals surface area (Å²) < 4.78 is 0. The third kappa shape index (κ3) is 14.0. The molecule has 0 aliphatic rings. The van der Waals surface area contributed by atoms with Crippen LogP contribution in [0.25, 0.3) is 0 Å². The largest absolute Gasteiger partial charge is 0.376 e. The van der Waals surface area contributed by atoms with E-state index < -0.39 is 5.72 Å². The van der Waals surface area contributed by atoms with Crippen LogP contribution in [0.15, 0.2) is 0 Å². The smallest absolute Gasteiger partial charge is 0.115 e. The average Bonchev–Trinajstić information content (AvgIpc) is 2.54. The first-order valence-corrected chi connectivity index (χ1v) is 10.5. The Labute approximate surface area is 146 Å². The maximum atomic E-state index is 10.1. The second-order valence-electron chi connectivity index (χ2n) is 7.68. The quantitative estimate of drug-likeness (QED) is 0.238. The minimum absolute atomic E-state index is 0.324. The molecule has 0 saturated heterocycles. The summed E-state index contributed by atoms with van der Waals surface area (Å²) in [7, 11) is 1.84. The van der Waals surface area contributed by atoms with Gasteiger partial charge in [0.1, 0.15) is 5.72 Å². The fourth-order valence-corrected chi connectivity index (χ4v) is 3.17. The molecule has 0 aliphatic heterocycles. The van der Waals surface area contributed by atoms with Crippen LogP contribution in [0.2, 0.25) is 0 Å². The standard InChI is InChI=1S/C21H45NO/c1-5-6-7-8-9-10-11-12-13-14-15-16-17-18-19-20(2)21(3,23)22-4/h20,22-23H,5-19H2,1-4H3. The molecule has 2 nitrogen and oxygen atoms in total. The van der Waals surface area contributed by atoms with Gasteiger partial charge in [0.15, 0.2) is 0 Å². The van der Waals surface area contributed by atoms with Crippen LogP contribution in [0.1, 0.15) is 117 Å². The van der Waals surface area contributed by atoms with Crippen LogP contribution in [-0.4, -0.2) is 17.9 Å². The zero-order valence-corrected chi connectivity index (χ0v) is 16.6. The summed E-state index contributed by atoms with van der Waals surface area (Å²) in [6.45, 7) is 6.30. The van der Waals surface area contributed by atoms with Crippen LogP contribution >= 0.6 is 0 Å². The number of hydrogen-bond acceptors (Lipinski definition) is 2. The molecule has 0 heterocycles. The third-order valence-electron chi connectivity index (χ3n) is 5.46. The molecule has 2 heteroatoms. The fourth-order valence-electron chi connectivity index (χ4n) is 3.17. The highest BCUT2D eigenvalue weighted by atomic mass is 16.3. The van der Waals surface area contributed by atoms with Gasteiger partial charge in [-0.05, 0) is 26.3 Å². The Hall–Kier alpha value is -0.0800. The summed E-state index contributed by atoms with van der Waals surface area (Å²) in [6.07, 6.45) is 20.8. The summed E-state index contributed by atoms with van der Waals surface area (Å²) in [6, 6.07) is 0. The molecule has 0 amide bonds. The Morgan fingerprint density at radius 3 is 1.43 bits per heavy atom. The lowest BCUT2D eigenvalue weighted by Crippen LogP contribution is -2.45. The molecule has 0 aromatic rings. The Balaban J connectivity index is 3.19. The van der Waals surface area contributed by atoms with Gasteiger partial charge < -0.3 is 5.11 Å². The molecule has 0 rings (SSSR count). The number of unbranched alkanes of at least 4 members (excludes halogenated alkanes) is 13. The molecule has 0 saturated carbocycles. The lowest BCUT2D eigenvalue weighted by atomic mass is 9.93. The van der Waals surface area contributed by atoms with Crippen LogP contribution in [0.5, 0.6) is 0 Å². The molecular weight excluding hydrogens is 282 g/mol. The normalized spacial score (nSPS) is 15.5. The third-order valence-corrected chi connectivity index (χ3v) is 5.46. The van der Waals surface area contributed by atoms with E-state index in [0.29, 0.717) is 5.92 Å². The van der Waals surface area contributed by atoms with Crippen LogP contribution in [0.4, 0.5) is 0 Å². The molecule has 2 N–H and O–H groups in total. The van der Waals surface area contributed by atoms with Gasteiger partial charge in [-0.2, -0.15) is 0 Å². The van der Waals surface area contributed by atoms with Crippen LogP contribution in [-0.2, 0) is 0 Å². The molecule has 0 spiro atoms. The van der Waals surface area contributed by atoms with Crippen molar-refractivity contribution in [2.24, 2.45) is 5.92 Å². The topological polar surface area (TPSA) is 32.3 Å². The fraction of sp³-hybridized carbons (Fsp3) is 1.00. The van der Waals surface area contributed by atoms with Crippen molar-refractivity contribution < 1.29 is 5.11 Å².